The van der Waals surface area contributed by atoms with Gasteiger partial charge in [-0.25, -0.2) is 0 Å². The maximum Gasteiger partial charge on any atom is 0.259 e. The van der Waals surface area contributed by atoms with E-state index in [0.717, 1.165) is 5.69 Å². The van der Waals surface area contributed by atoms with Crippen LogP contribution in [0.1, 0.15) is 27.3 Å². The maximum absolute atomic E-state index is 12.1. The van der Waals surface area contributed by atoms with Gasteiger partial charge in [0.1, 0.15) is 5.75 Å². The third-order valence-corrected chi connectivity index (χ3v) is 2.85. The molecule has 0 fully saturated rings. The lowest BCUT2D eigenvalue weighted by molar-refractivity contribution is 0.102. The number of amides is 1. The zero-order valence-electron chi connectivity index (χ0n) is 10.5. The standard InChI is InChI=1S/C13H15N3O2/c1-7-5-4-6-10(12(7)17)13(18)14-11-8(2)15-16-9(11)3/h4-6,17H,1-3H3,(H,14,18)(H,15,16). The number of carbonyl (C=O) groups excluding carboxylic acids is 1. The van der Waals surface area contributed by atoms with Gasteiger partial charge in [-0.15, -0.1) is 0 Å². The zero-order valence-corrected chi connectivity index (χ0v) is 10.5. The number of nitrogens with one attached hydrogen (secondary N) is 2. The van der Waals surface area contributed by atoms with E-state index in [9.17, 15) is 9.90 Å². The topological polar surface area (TPSA) is 78.0 Å². The molecular weight excluding hydrogens is 230 g/mol. The van der Waals surface area contributed by atoms with Crippen molar-refractivity contribution < 1.29 is 9.90 Å². The second-order valence-electron chi connectivity index (χ2n) is 4.23. The molecule has 0 atom stereocenters. The third kappa shape index (κ3) is 2.07. The molecule has 1 aromatic heterocycles. The van der Waals surface area contributed by atoms with E-state index in [-0.39, 0.29) is 17.2 Å². The van der Waals surface area contributed by atoms with E-state index in [2.05, 4.69) is 15.5 Å². The van der Waals surface area contributed by atoms with E-state index < -0.39 is 0 Å². The number of phenols is 1. The Morgan fingerprint density at radius 2 is 2.06 bits per heavy atom. The van der Waals surface area contributed by atoms with Crippen LogP contribution in [0.2, 0.25) is 0 Å². The number of aromatic nitrogens is 2. The Hall–Kier alpha value is -2.30. The molecule has 5 heteroatoms. The Labute approximate surface area is 105 Å². The van der Waals surface area contributed by atoms with Gasteiger partial charge in [0.2, 0.25) is 0 Å². The van der Waals surface area contributed by atoms with E-state index in [1.54, 1.807) is 32.0 Å². The smallest absolute Gasteiger partial charge is 0.259 e. The average molecular weight is 245 g/mol. The SMILES string of the molecule is Cc1cccc(C(=O)Nc2c(C)n[nH]c2C)c1O. The molecule has 2 rings (SSSR count). The molecule has 0 spiro atoms. The average Bonchev–Trinajstić information content (AvgIpc) is 2.64. The molecule has 5 nitrogen and oxygen atoms in total. The summed E-state index contributed by atoms with van der Waals surface area (Å²) in [6.07, 6.45) is 0. The zero-order chi connectivity index (χ0) is 13.3. The second kappa shape index (κ2) is 4.52. The highest BCUT2D eigenvalue weighted by molar-refractivity contribution is 6.06. The van der Waals surface area contributed by atoms with E-state index in [1.165, 1.54) is 0 Å². The summed E-state index contributed by atoms with van der Waals surface area (Å²) in [4.78, 5) is 12.1. The molecule has 0 bridgehead atoms. The normalized spacial score (nSPS) is 10.4. The number of carbonyl (C=O) groups is 1. The van der Waals surface area contributed by atoms with Gasteiger partial charge in [-0.2, -0.15) is 5.10 Å². The highest BCUT2D eigenvalue weighted by Crippen LogP contribution is 2.24. The minimum atomic E-state index is -0.344. The van der Waals surface area contributed by atoms with Crippen LogP contribution in [0.25, 0.3) is 0 Å². The first-order valence-corrected chi connectivity index (χ1v) is 5.62. The Kier molecular flexibility index (Phi) is 3.06. The fourth-order valence-corrected chi connectivity index (χ4v) is 1.76. The van der Waals surface area contributed by atoms with E-state index in [0.29, 0.717) is 16.9 Å². The van der Waals surface area contributed by atoms with Crippen LogP contribution < -0.4 is 5.32 Å². The second-order valence-corrected chi connectivity index (χ2v) is 4.23. The number of anilines is 1. The van der Waals surface area contributed by atoms with Gasteiger partial charge in [0.25, 0.3) is 5.91 Å². The molecule has 0 aliphatic heterocycles. The highest BCUT2D eigenvalue weighted by atomic mass is 16.3. The van der Waals surface area contributed by atoms with Crippen LogP contribution in [0, 0.1) is 20.8 Å². The van der Waals surface area contributed by atoms with Crippen molar-refractivity contribution in [1.82, 2.24) is 10.2 Å². The summed E-state index contributed by atoms with van der Waals surface area (Å²) in [5.74, 6) is -0.336. The lowest BCUT2D eigenvalue weighted by Crippen LogP contribution is -2.13. The highest BCUT2D eigenvalue weighted by Gasteiger charge is 2.15. The Balaban J connectivity index is 2.31. The van der Waals surface area contributed by atoms with Crippen molar-refractivity contribution in [1.29, 1.82) is 0 Å². The largest absolute Gasteiger partial charge is 0.507 e. The third-order valence-electron chi connectivity index (χ3n) is 2.85. The fraction of sp³-hybridized carbons (Fsp3) is 0.231. The van der Waals surface area contributed by atoms with Crippen LogP contribution in [-0.4, -0.2) is 21.2 Å². The number of phenolic OH excluding ortho intramolecular Hbond substituents is 1. The molecule has 94 valence electrons. The number of rotatable bonds is 2. The molecule has 0 aliphatic rings. The molecule has 18 heavy (non-hydrogen) atoms. The molecule has 2 aromatic rings. The molecule has 0 unspecified atom stereocenters. The predicted octanol–water partition coefficient (Wildman–Crippen LogP) is 2.29. The van der Waals surface area contributed by atoms with E-state index in [1.807, 2.05) is 6.92 Å². The van der Waals surface area contributed by atoms with Crippen molar-refractivity contribution in [3.05, 3.63) is 40.7 Å². The van der Waals surface area contributed by atoms with Gasteiger partial charge in [-0.3, -0.25) is 9.89 Å². The lowest BCUT2D eigenvalue weighted by atomic mass is 10.1. The van der Waals surface area contributed by atoms with Gasteiger partial charge in [0, 0.05) is 0 Å². The van der Waals surface area contributed by atoms with Gasteiger partial charge >= 0.3 is 0 Å². The molecule has 0 saturated heterocycles. The minimum Gasteiger partial charge on any atom is -0.507 e. The summed E-state index contributed by atoms with van der Waals surface area (Å²) in [6.45, 7) is 5.38. The van der Waals surface area contributed by atoms with Crippen LogP contribution in [0.3, 0.4) is 0 Å². The predicted molar refractivity (Wildman–Crippen MR) is 68.9 cm³/mol. The first-order chi connectivity index (χ1) is 8.50. The summed E-state index contributed by atoms with van der Waals surface area (Å²) in [7, 11) is 0. The van der Waals surface area contributed by atoms with Crippen LogP contribution in [0.15, 0.2) is 18.2 Å². The summed E-state index contributed by atoms with van der Waals surface area (Å²) in [5.41, 5.74) is 3.08. The number of nitrogens with zero attached hydrogens (tertiary/aromatic N) is 1. The van der Waals surface area contributed by atoms with Gasteiger partial charge in [-0.05, 0) is 32.4 Å². The van der Waals surface area contributed by atoms with Crippen LogP contribution in [0.5, 0.6) is 5.75 Å². The summed E-state index contributed by atoms with van der Waals surface area (Å²) >= 11 is 0. The van der Waals surface area contributed by atoms with Gasteiger partial charge < -0.3 is 10.4 Å². The first kappa shape index (κ1) is 12.2. The van der Waals surface area contributed by atoms with Crippen molar-refractivity contribution in [2.24, 2.45) is 0 Å². The van der Waals surface area contributed by atoms with Crippen molar-refractivity contribution in [3.63, 3.8) is 0 Å². The number of hydrogen-bond donors (Lipinski definition) is 3. The first-order valence-electron chi connectivity index (χ1n) is 5.62. The van der Waals surface area contributed by atoms with Gasteiger partial charge in [0.15, 0.2) is 0 Å². The molecule has 1 heterocycles. The number of para-hydroxylation sites is 1. The van der Waals surface area contributed by atoms with Crippen LogP contribution in [0.4, 0.5) is 5.69 Å². The molecule has 0 radical (unpaired) electrons. The molecular formula is C13H15N3O2. The molecule has 0 aliphatic carbocycles. The van der Waals surface area contributed by atoms with Crippen LogP contribution >= 0.6 is 0 Å². The molecule has 3 N–H and O–H groups in total. The van der Waals surface area contributed by atoms with E-state index >= 15 is 0 Å². The van der Waals surface area contributed by atoms with Crippen molar-refractivity contribution in [2.45, 2.75) is 20.8 Å². The number of aryl methyl sites for hydroxylation is 3. The van der Waals surface area contributed by atoms with Gasteiger partial charge in [0.05, 0.1) is 22.6 Å². The number of aromatic hydroxyl groups is 1. The number of hydrogen-bond acceptors (Lipinski definition) is 3. The van der Waals surface area contributed by atoms with Crippen molar-refractivity contribution in [2.75, 3.05) is 5.32 Å². The quantitative estimate of drug-likeness (QED) is 0.759. The Bertz CT molecular complexity index is 583. The maximum atomic E-state index is 12.1. The number of H-pyrrole nitrogens is 1. The van der Waals surface area contributed by atoms with Crippen molar-refractivity contribution in [3.8, 4) is 5.75 Å². The van der Waals surface area contributed by atoms with Crippen LogP contribution in [-0.2, 0) is 0 Å². The van der Waals surface area contributed by atoms with Crippen molar-refractivity contribution >= 4 is 11.6 Å². The lowest BCUT2D eigenvalue weighted by Gasteiger charge is -2.08. The number of benzene rings is 1. The monoisotopic (exact) mass is 245 g/mol. The Morgan fingerprint density at radius 3 is 2.67 bits per heavy atom. The molecule has 0 saturated carbocycles. The van der Waals surface area contributed by atoms with E-state index in [4.69, 9.17) is 0 Å². The molecule has 1 aromatic carbocycles. The summed E-state index contributed by atoms with van der Waals surface area (Å²) < 4.78 is 0. The fourth-order valence-electron chi connectivity index (χ4n) is 1.76. The minimum absolute atomic E-state index is 0.00815. The van der Waals surface area contributed by atoms with Gasteiger partial charge in [-0.1, -0.05) is 12.1 Å². The molecule has 1 amide bonds. The summed E-state index contributed by atoms with van der Waals surface area (Å²) in [6, 6.07) is 5.07. The number of aromatic amines is 1. The summed E-state index contributed by atoms with van der Waals surface area (Å²) in [5, 5.41) is 19.4. The Morgan fingerprint density at radius 1 is 1.33 bits per heavy atom.